The van der Waals surface area contributed by atoms with E-state index in [1.807, 2.05) is 0 Å². The summed E-state index contributed by atoms with van der Waals surface area (Å²) in [7, 11) is 0. The molecule has 1 aromatic carbocycles. The third-order valence-corrected chi connectivity index (χ3v) is 2.47. The molecule has 0 amide bonds. The Bertz CT molecular complexity index is 553. The number of halogens is 1. The lowest BCUT2D eigenvalue weighted by molar-refractivity contribution is -0.384. The van der Waals surface area contributed by atoms with E-state index in [0.717, 1.165) is 0 Å². The summed E-state index contributed by atoms with van der Waals surface area (Å²) in [6.07, 6.45) is 1.58. The number of para-hydroxylation sites is 2. The van der Waals surface area contributed by atoms with Crippen molar-refractivity contribution in [2.24, 2.45) is 0 Å². The van der Waals surface area contributed by atoms with Gasteiger partial charge in [0.1, 0.15) is 11.4 Å². The summed E-state index contributed by atoms with van der Waals surface area (Å²) in [6, 6.07) is 6.33. The minimum atomic E-state index is -0.458. The summed E-state index contributed by atoms with van der Waals surface area (Å²) in [4.78, 5) is 10.4. The molecular formula is C10H9ClN4O2. The Morgan fingerprint density at radius 2 is 2.18 bits per heavy atom. The molecule has 0 radical (unpaired) electrons. The highest BCUT2D eigenvalue weighted by atomic mass is 35.5. The van der Waals surface area contributed by atoms with E-state index in [-0.39, 0.29) is 11.1 Å². The van der Waals surface area contributed by atoms with Gasteiger partial charge in [-0.15, -0.1) is 16.7 Å². The minimum Gasteiger partial charge on any atom is -0.258 e. The molecule has 0 aliphatic carbocycles. The molecule has 1 aromatic heterocycles. The second-order valence-electron chi connectivity index (χ2n) is 3.45. The first-order valence-corrected chi connectivity index (χ1v) is 5.33. The first kappa shape index (κ1) is 11.5. The molecule has 1 heterocycles. The van der Waals surface area contributed by atoms with Gasteiger partial charge in [0, 0.05) is 6.07 Å². The Kier molecular flexibility index (Phi) is 3.06. The highest BCUT2D eigenvalue weighted by Gasteiger charge is 2.16. The van der Waals surface area contributed by atoms with Crippen LogP contribution in [0.4, 0.5) is 5.69 Å². The molecule has 6 nitrogen and oxygen atoms in total. The Morgan fingerprint density at radius 3 is 2.76 bits per heavy atom. The summed E-state index contributed by atoms with van der Waals surface area (Å²) < 4.78 is 1.35. The monoisotopic (exact) mass is 252 g/mol. The number of nitrogens with zero attached hydrogens (tertiary/aromatic N) is 4. The molecule has 0 saturated heterocycles. The topological polar surface area (TPSA) is 73.8 Å². The fraction of sp³-hybridized carbons (Fsp3) is 0.200. The van der Waals surface area contributed by atoms with Crippen molar-refractivity contribution in [1.29, 1.82) is 0 Å². The van der Waals surface area contributed by atoms with Gasteiger partial charge in [-0.25, -0.2) is 4.68 Å². The molecule has 2 rings (SSSR count). The van der Waals surface area contributed by atoms with Crippen molar-refractivity contribution in [1.82, 2.24) is 15.0 Å². The lowest BCUT2D eigenvalue weighted by atomic mass is 10.2. The van der Waals surface area contributed by atoms with Crippen molar-refractivity contribution in [2.45, 2.75) is 12.3 Å². The zero-order valence-corrected chi connectivity index (χ0v) is 9.70. The number of nitro groups is 1. The van der Waals surface area contributed by atoms with Gasteiger partial charge in [0.2, 0.25) is 0 Å². The molecule has 2 aromatic rings. The molecule has 1 unspecified atom stereocenters. The quantitative estimate of drug-likeness (QED) is 0.478. The standard InChI is InChI=1S/C10H9ClN4O2/c1-7(11)8-6-14(13-12-8)9-4-2-3-5-10(9)15(16)17/h2-7H,1H3. The summed E-state index contributed by atoms with van der Waals surface area (Å²) in [5, 5.41) is 18.2. The third kappa shape index (κ3) is 2.26. The fourth-order valence-electron chi connectivity index (χ4n) is 1.39. The van der Waals surface area contributed by atoms with E-state index < -0.39 is 4.92 Å². The molecule has 0 spiro atoms. The van der Waals surface area contributed by atoms with Crippen LogP contribution in [0.25, 0.3) is 5.69 Å². The van der Waals surface area contributed by atoms with Crippen LogP contribution in [0.3, 0.4) is 0 Å². The van der Waals surface area contributed by atoms with Gasteiger partial charge in [-0.1, -0.05) is 17.3 Å². The van der Waals surface area contributed by atoms with Gasteiger partial charge < -0.3 is 0 Å². The summed E-state index contributed by atoms with van der Waals surface area (Å²) >= 11 is 5.86. The van der Waals surface area contributed by atoms with Gasteiger partial charge in [-0.05, 0) is 13.0 Å². The van der Waals surface area contributed by atoms with Crippen LogP contribution >= 0.6 is 11.6 Å². The number of hydrogen-bond acceptors (Lipinski definition) is 4. The maximum Gasteiger partial charge on any atom is 0.294 e. The summed E-state index contributed by atoms with van der Waals surface area (Å²) in [6.45, 7) is 1.76. The zero-order valence-electron chi connectivity index (χ0n) is 8.95. The molecule has 88 valence electrons. The molecule has 0 saturated carbocycles. The summed E-state index contributed by atoms with van der Waals surface area (Å²) in [5.74, 6) is 0. The molecule has 0 bridgehead atoms. The SMILES string of the molecule is CC(Cl)c1cn(-c2ccccc2[N+](=O)[O-])nn1. The number of benzene rings is 1. The average Bonchev–Trinajstić information content (AvgIpc) is 2.78. The second-order valence-corrected chi connectivity index (χ2v) is 4.10. The van der Waals surface area contributed by atoms with Gasteiger partial charge >= 0.3 is 0 Å². The van der Waals surface area contributed by atoms with Crippen molar-refractivity contribution < 1.29 is 4.92 Å². The predicted molar refractivity (Wildman–Crippen MR) is 62.3 cm³/mol. The van der Waals surface area contributed by atoms with E-state index >= 15 is 0 Å². The molecule has 0 fully saturated rings. The average molecular weight is 253 g/mol. The van der Waals surface area contributed by atoms with Crippen LogP contribution in [0, 0.1) is 10.1 Å². The van der Waals surface area contributed by atoms with E-state index in [1.165, 1.54) is 10.7 Å². The molecule has 0 aliphatic heterocycles. The van der Waals surface area contributed by atoms with Gasteiger partial charge in [0.05, 0.1) is 16.5 Å². The van der Waals surface area contributed by atoms with E-state index in [9.17, 15) is 10.1 Å². The van der Waals surface area contributed by atoms with Crippen LogP contribution in [0.1, 0.15) is 18.0 Å². The van der Waals surface area contributed by atoms with Crippen molar-refractivity contribution in [3.8, 4) is 5.69 Å². The van der Waals surface area contributed by atoms with Crippen LogP contribution in [-0.2, 0) is 0 Å². The number of nitro benzene ring substituents is 1. The minimum absolute atomic E-state index is 0.0221. The number of aromatic nitrogens is 3. The van der Waals surface area contributed by atoms with E-state index in [1.54, 1.807) is 31.3 Å². The lowest BCUT2D eigenvalue weighted by Crippen LogP contribution is -2.00. The zero-order chi connectivity index (χ0) is 12.4. The van der Waals surface area contributed by atoms with Crippen molar-refractivity contribution in [2.75, 3.05) is 0 Å². The first-order chi connectivity index (χ1) is 8.09. The third-order valence-electron chi connectivity index (χ3n) is 2.24. The molecule has 17 heavy (non-hydrogen) atoms. The smallest absolute Gasteiger partial charge is 0.258 e. The molecular weight excluding hydrogens is 244 g/mol. The predicted octanol–water partition coefficient (Wildman–Crippen LogP) is 2.48. The molecule has 0 aliphatic rings. The lowest BCUT2D eigenvalue weighted by Gasteiger charge is -2.00. The van der Waals surface area contributed by atoms with Crippen LogP contribution in [0.5, 0.6) is 0 Å². The van der Waals surface area contributed by atoms with Crippen LogP contribution in [0.2, 0.25) is 0 Å². The van der Waals surface area contributed by atoms with Crippen molar-refractivity contribution in [3.63, 3.8) is 0 Å². The van der Waals surface area contributed by atoms with E-state index in [2.05, 4.69) is 10.3 Å². The maximum absolute atomic E-state index is 10.9. The highest BCUT2D eigenvalue weighted by molar-refractivity contribution is 6.20. The van der Waals surface area contributed by atoms with Crippen molar-refractivity contribution in [3.05, 3.63) is 46.3 Å². The van der Waals surface area contributed by atoms with Crippen LogP contribution in [-0.4, -0.2) is 19.9 Å². The molecule has 1 atom stereocenters. The summed E-state index contributed by atoms with van der Waals surface area (Å²) in [5.41, 5.74) is 0.921. The fourth-order valence-corrected chi connectivity index (χ4v) is 1.49. The molecule has 0 N–H and O–H groups in total. The van der Waals surface area contributed by atoms with Gasteiger partial charge in [-0.2, -0.15) is 0 Å². The Balaban J connectivity index is 2.49. The highest BCUT2D eigenvalue weighted by Crippen LogP contribution is 2.23. The number of hydrogen-bond donors (Lipinski definition) is 0. The number of rotatable bonds is 3. The maximum atomic E-state index is 10.9. The largest absolute Gasteiger partial charge is 0.294 e. The molecule has 7 heteroatoms. The number of alkyl halides is 1. The normalized spacial score (nSPS) is 12.4. The second kappa shape index (κ2) is 4.50. The van der Waals surface area contributed by atoms with Gasteiger partial charge in [-0.3, -0.25) is 10.1 Å². The van der Waals surface area contributed by atoms with Gasteiger partial charge in [0.25, 0.3) is 5.69 Å². The van der Waals surface area contributed by atoms with E-state index in [0.29, 0.717) is 11.4 Å². The van der Waals surface area contributed by atoms with Crippen LogP contribution < -0.4 is 0 Å². The van der Waals surface area contributed by atoms with Crippen molar-refractivity contribution >= 4 is 17.3 Å². The Hall–Kier alpha value is -1.95. The van der Waals surface area contributed by atoms with Gasteiger partial charge in [0.15, 0.2) is 0 Å². The van der Waals surface area contributed by atoms with E-state index in [4.69, 9.17) is 11.6 Å². The first-order valence-electron chi connectivity index (χ1n) is 4.89. The Labute approximate surface area is 102 Å². The van der Waals surface area contributed by atoms with Crippen LogP contribution in [0.15, 0.2) is 30.5 Å². The Morgan fingerprint density at radius 1 is 1.47 bits per heavy atom.